The Balaban J connectivity index is 1.65. The molecule has 3 rings (SSSR count). The third-order valence-electron chi connectivity index (χ3n) is 4.34. The lowest BCUT2D eigenvalue weighted by Gasteiger charge is -2.25. The quantitative estimate of drug-likeness (QED) is 0.731. The van der Waals surface area contributed by atoms with Crippen molar-refractivity contribution in [3.05, 3.63) is 30.1 Å². The van der Waals surface area contributed by atoms with E-state index in [0.717, 1.165) is 22.2 Å². The van der Waals surface area contributed by atoms with Gasteiger partial charge >= 0.3 is 0 Å². The smallest absolute Gasteiger partial charge is 0.230 e. The van der Waals surface area contributed by atoms with E-state index >= 15 is 0 Å². The molecule has 1 aliphatic rings. The minimum Gasteiger partial charge on any atom is -0.486 e. The number of carbonyl (C=O) groups excluding carboxylic acids is 1. The second-order valence-corrected chi connectivity index (χ2v) is 8.04. The van der Waals surface area contributed by atoms with Gasteiger partial charge in [-0.25, -0.2) is 0 Å². The van der Waals surface area contributed by atoms with Gasteiger partial charge in [-0.2, -0.15) is 0 Å². The zero-order valence-corrected chi connectivity index (χ0v) is 17.0. The van der Waals surface area contributed by atoms with E-state index in [1.165, 1.54) is 11.8 Å². The summed E-state index contributed by atoms with van der Waals surface area (Å²) >= 11 is 1.39. The molecule has 0 spiro atoms. The van der Waals surface area contributed by atoms with Crippen molar-refractivity contribution in [1.29, 1.82) is 0 Å². The van der Waals surface area contributed by atoms with Crippen LogP contribution < -0.4 is 14.8 Å². The van der Waals surface area contributed by atoms with Crippen molar-refractivity contribution in [3.8, 4) is 11.5 Å². The minimum atomic E-state index is -0.100. The fourth-order valence-corrected chi connectivity index (χ4v) is 3.78. The SMILES string of the molecule is CC(C)C(NC(=O)CSc1nncn1C(C)C)c1ccc2c(c1)OCCO2. The summed E-state index contributed by atoms with van der Waals surface area (Å²) < 4.78 is 13.2. The van der Waals surface area contributed by atoms with Gasteiger partial charge in [0.1, 0.15) is 19.5 Å². The molecule has 1 amide bonds. The van der Waals surface area contributed by atoms with E-state index in [0.29, 0.717) is 19.0 Å². The maximum absolute atomic E-state index is 12.6. The number of amides is 1. The molecule has 1 aromatic carbocycles. The van der Waals surface area contributed by atoms with E-state index in [-0.39, 0.29) is 23.9 Å². The van der Waals surface area contributed by atoms with Crippen LogP contribution in [0, 0.1) is 5.92 Å². The van der Waals surface area contributed by atoms with Gasteiger partial charge in [-0.3, -0.25) is 4.79 Å². The maximum atomic E-state index is 12.6. The lowest BCUT2D eigenvalue weighted by molar-refractivity contribution is -0.119. The van der Waals surface area contributed by atoms with Crippen LogP contribution in [-0.2, 0) is 4.79 Å². The first kappa shape index (κ1) is 19.5. The highest BCUT2D eigenvalue weighted by atomic mass is 32.2. The predicted octanol–water partition coefficient (Wildman–Crippen LogP) is 3.24. The molecule has 0 saturated carbocycles. The van der Waals surface area contributed by atoms with Gasteiger partial charge in [0.15, 0.2) is 16.7 Å². The molecule has 2 heterocycles. The summed E-state index contributed by atoms with van der Waals surface area (Å²) in [6.07, 6.45) is 1.69. The Kier molecular flexibility index (Phi) is 6.26. The number of rotatable bonds is 7. The normalized spacial score (nSPS) is 14.4. The van der Waals surface area contributed by atoms with Crippen LogP contribution in [0.1, 0.15) is 45.3 Å². The standard InChI is InChI=1S/C19H26N4O3S/c1-12(2)18(14-5-6-15-16(9-14)26-8-7-25-15)21-17(24)10-27-19-22-20-11-23(19)13(3)4/h5-6,9,11-13,18H,7-8,10H2,1-4H3,(H,21,24). The van der Waals surface area contributed by atoms with Crippen LogP contribution in [0.3, 0.4) is 0 Å². The molecule has 0 bridgehead atoms. The van der Waals surface area contributed by atoms with E-state index in [1.54, 1.807) is 6.33 Å². The molecule has 0 saturated heterocycles. The van der Waals surface area contributed by atoms with Crippen LogP contribution in [-0.4, -0.2) is 39.6 Å². The number of hydrogen-bond acceptors (Lipinski definition) is 6. The lowest BCUT2D eigenvalue weighted by atomic mass is 9.95. The summed E-state index contributed by atoms with van der Waals surface area (Å²) in [5.74, 6) is 1.98. The molecule has 7 nitrogen and oxygen atoms in total. The topological polar surface area (TPSA) is 78.3 Å². The largest absolute Gasteiger partial charge is 0.486 e. The molecule has 8 heteroatoms. The van der Waals surface area contributed by atoms with E-state index in [2.05, 4.69) is 43.2 Å². The van der Waals surface area contributed by atoms with Crippen LogP contribution in [0.15, 0.2) is 29.7 Å². The van der Waals surface area contributed by atoms with Gasteiger partial charge in [-0.05, 0) is 37.5 Å². The second-order valence-electron chi connectivity index (χ2n) is 7.10. The van der Waals surface area contributed by atoms with Crippen molar-refractivity contribution >= 4 is 17.7 Å². The van der Waals surface area contributed by atoms with Gasteiger partial charge in [0.2, 0.25) is 5.91 Å². The van der Waals surface area contributed by atoms with Crippen molar-refractivity contribution < 1.29 is 14.3 Å². The van der Waals surface area contributed by atoms with Crippen LogP contribution in [0.25, 0.3) is 0 Å². The summed E-state index contributed by atoms with van der Waals surface area (Å²) in [5.41, 5.74) is 1.01. The van der Waals surface area contributed by atoms with Gasteiger partial charge < -0.3 is 19.4 Å². The Bertz CT molecular complexity index is 791. The Labute approximate surface area is 163 Å². The van der Waals surface area contributed by atoms with Crippen molar-refractivity contribution in [3.63, 3.8) is 0 Å². The molecule has 0 aliphatic carbocycles. The molecule has 146 valence electrons. The molecule has 1 N–H and O–H groups in total. The van der Waals surface area contributed by atoms with Crippen LogP contribution in [0.2, 0.25) is 0 Å². The van der Waals surface area contributed by atoms with E-state index in [4.69, 9.17) is 9.47 Å². The van der Waals surface area contributed by atoms with Gasteiger partial charge in [-0.15, -0.1) is 10.2 Å². The molecule has 1 unspecified atom stereocenters. The number of ether oxygens (including phenoxy) is 2. The average molecular weight is 391 g/mol. The highest BCUT2D eigenvalue weighted by Gasteiger charge is 2.22. The Morgan fingerprint density at radius 2 is 1.96 bits per heavy atom. The van der Waals surface area contributed by atoms with Gasteiger partial charge in [-0.1, -0.05) is 31.7 Å². The molecule has 27 heavy (non-hydrogen) atoms. The summed E-state index contributed by atoms with van der Waals surface area (Å²) in [6, 6.07) is 6.01. The molecular weight excluding hydrogens is 364 g/mol. The first-order valence-electron chi connectivity index (χ1n) is 9.17. The molecule has 0 radical (unpaired) electrons. The van der Waals surface area contributed by atoms with Crippen molar-refractivity contribution in [2.24, 2.45) is 5.92 Å². The highest BCUT2D eigenvalue weighted by Crippen LogP contribution is 2.34. The molecule has 1 aromatic heterocycles. The Hall–Kier alpha value is -2.22. The number of aromatic nitrogens is 3. The first-order chi connectivity index (χ1) is 13.0. The summed E-state index contributed by atoms with van der Waals surface area (Å²) in [6.45, 7) is 9.40. The van der Waals surface area contributed by atoms with Crippen LogP contribution in [0.5, 0.6) is 11.5 Å². The third kappa shape index (κ3) is 4.74. The number of thioether (sulfide) groups is 1. The third-order valence-corrected chi connectivity index (χ3v) is 5.29. The summed E-state index contributed by atoms with van der Waals surface area (Å²) in [4.78, 5) is 12.6. The average Bonchev–Trinajstić information content (AvgIpc) is 3.13. The number of fused-ring (bicyclic) bond motifs is 1. The monoisotopic (exact) mass is 390 g/mol. The fraction of sp³-hybridized carbons (Fsp3) is 0.526. The van der Waals surface area contributed by atoms with E-state index < -0.39 is 0 Å². The zero-order chi connectivity index (χ0) is 19.4. The van der Waals surface area contributed by atoms with Crippen molar-refractivity contribution in [2.75, 3.05) is 19.0 Å². The lowest BCUT2D eigenvalue weighted by Crippen LogP contribution is -2.33. The Morgan fingerprint density at radius 3 is 2.67 bits per heavy atom. The minimum absolute atomic E-state index is 0.0353. The van der Waals surface area contributed by atoms with Gasteiger partial charge in [0.25, 0.3) is 0 Å². The van der Waals surface area contributed by atoms with Crippen molar-refractivity contribution in [1.82, 2.24) is 20.1 Å². The van der Waals surface area contributed by atoms with Crippen LogP contribution >= 0.6 is 11.8 Å². The summed E-state index contributed by atoms with van der Waals surface area (Å²) in [5, 5.41) is 11.9. The molecule has 2 aromatic rings. The molecule has 1 aliphatic heterocycles. The number of nitrogens with one attached hydrogen (secondary N) is 1. The molecule has 1 atom stereocenters. The maximum Gasteiger partial charge on any atom is 0.230 e. The predicted molar refractivity (Wildman–Crippen MR) is 104 cm³/mol. The number of carbonyl (C=O) groups is 1. The Morgan fingerprint density at radius 1 is 1.22 bits per heavy atom. The van der Waals surface area contributed by atoms with Gasteiger partial charge in [0, 0.05) is 6.04 Å². The number of benzene rings is 1. The van der Waals surface area contributed by atoms with Crippen LogP contribution in [0.4, 0.5) is 0 Å². The first-order valence-corrected chi connectivity index (χ1v) is 10.2. The van der Waals surface area contributed by atoms with Gasteiger partial charge in [0.05, 0.1) is 11.8 Å². The number of nitrogens with zero attached hydrogens (tertiary/aromatic N) is 3. The molecular formula is C19H26N4O3S. The molecule has 0 fully saturated rings. The number of hydrogen-bond donors (Lipinski definition) is 1. The second kappa shape index (κ2) is 8.65. The van der Waals surface area contributed by atoms with Crippen molar-refractivity contribution in [2.45, 2.75) is 44.9 Å². The zero-order valence-electron chi connectivity index (χ0n) is 16.1. The van der Waals surface area contributed by atoms with E-state index in [9.17, 15) is 4.79 Å². The fourth-order valence-electron chi connectivity index (χ4n) is 2.92. The summed E-state index contributed by atoms with van der Waals surface area (Å²) in [7, 11) is 0. The van der Waals surface area contributed by atoms with E-state index in [1.807, 2.05) is 22.8 Å². The highest BCUT2D eigenvalue weighted by molar-refractivity contribution is 7.99.